The van der Waals surface area contributed by atoms with Crippen molar-refractivity contribution >= 4 is 29.4 Å². The van der Waals surface area contributed by atoms with Gasteiger partial charge in [0.05, 0.1) is 30.5 Å². The lowest BCUT2D eigenvalue weighted by molar-refractivity contribution is -0.384. The summed E-state index contributed by atoms with van der Waals surface area (Å²) in [4.78, 5) is 44.0. The summed E-state index contributed by atoms with van der Waals surface area (Å²) in [6, 6.07) is 5.57. The zero-order chi connectivity index (χ0) is 18.1. The number of aliphatic imine (C=N–C) groups is 2. The summed E-state index contributed by atoms with van der Waals surface area (Å²) in [7, 11) is 1.27. The topological polar surface area (TPSA) is 111 Å². The number of carbonyl (C=O) groups excluding carboxylic acids is 2. The zero-order valence-electron chi connectivity index (χ0n) is 13.8. The molecule has 1 aromatic rings. The number of carbonyl (C=O) groups is 2. The van der Waals surface area contributed by atoms with Crippen molar-refractivity contribution in [2.45, 2.75) is 18.9 Å². The Morgan fingerprint density at radius 3 is 2.80 bits per heavy atom. The van der Waals surface area contributed by atoms with E-state index in [1.807, 2.05) is 0 Å². The molecule has 8 heteroatoms. The summed E-state index contributed by atoms with van der Waals surface area (Å²) in [5, 5.41) is 11.1. The standard InChI is InChI=1S/C17H17N3O5/c1-9-14(17(22)25-2)15(10-4-3-5-11(6-10)20(23)24)16-12(19-9)7-18-8-13(16)21/h3-7,12,14-16H,8H2,1-2H3. The van der Waals surface area contributed by atoms with Crippen molar-refractivity contribution in [1.82, 2.24) is 0 Å². The number of fused-ring (bicyclic) bond motifs is 1. The Hall–Kier alpha value is -2.90. The summed E-state index contributed by atoms with van der Waals surface area (Å²) in [5.74, 6) is -2.56. The number of Topliss-reactive ketones (excluding diaryl/α,β-unsaturated/α-hetero) is 1. The minimum absolute atomic E-state index is 0.0229. The van der Waals surface area contributed by atoms with Crippen LogP contribution >= 0.6 is 0 Å². The fraction of sp³-hybridized carbons (Fsp3) is 0.412. The molecule has 3 rings (SSSR count). The Bertz CT molecular complexity index is 801. The molecule has 2 aliphatic rings. The monoisotopic (exact) mass is 343 g/mol. The van der Waals surface area contributed by atoms with Crippen LogP contribution in [0.5, 0.6) is 0 Å². The number of nitrogens with zero attached hydrogens (tertiary/aromatic N) is 3. The minimum Gasteiger partial charge on any atom is -0.468 e. The van der Waals surface area contributed by atoms with E-state index in [0.717, 1.165) is 0 Å². The van der Waals surface area contributed by atoms with Gasteiger partial charge in [-0.05, 0) is 12.5 Å². The molecule has 2 aliphatic heterocycles. The van der Waals surface area contributed by atoms with E-state index in [1.165, 1.54) is 19.2 Å². The lowest BCUT2D eigenvalue weighted by Crippen LogP contribution is -2.48. The quantitative estimate of drug-likeness (QED) is 0.470. The van der Waals surface area contributed by atoms with E-state index in [9.17, 15) is 19.7 Å². The summed E-state index contributed by atoms with van der Waals surface area (Å²) >= 11 is 0. The van der Waals surface area contributed by atoms with Crippen LogP contribution in [0.3, 0.4) is 0 Å². The van der Waals surface area contributed by atoms with Crippen molar-refractivity contribution in [3.8, 4) is 0 Å². The number of methoxy groups -OCH3 is 1. The first kappa shape index (κ1) is 16.9. The predicted molar refractivity (Wildman–Crippen MR) is 90.1 cm³/mol. The van der Waals surface area contributed by atoms with Crippen molar-refractivity contribution in [1.29, 1.82) is 0 Å². The van der Waals surface area contributed by atoms with Gasteiger partial charge < -0.3 is 4.74 Å². The van der Waals surface area contributed by atoms with Gasteiger partial charge in [0.1, 0.15) is 5.92 Å². The molecule has 4 atom stereocenters. The van der Waals surface area contributed by atoms with Crippen molar-refractivity contribution in [3.05, 3.63) is 39.9 Å². The number of nitro benzene ring substituents is 1. The van der Waals surface area contributed by atoms with E-state index in [-0.39, 0.29) is 18.0 Å². The van der Waals surface area contributed by atoms with Gasteiger partial charge in [-0.15, -0.1) is 0 Å². The Morgan fingerprint density at radius 1 is 1.36 bits per heavy atom. The molecule has 2 heterocycles. The number of rotatable bonds is 3. The van der Waals surface area contributed by atoms with Crippen LogP contribution in [0, 0.1) is 22.0 Å². The average molecular weight is 343 g/mol. The fourth-order valence-corrected chi connectivity index (χ4v) is 3.64. The maximum absolute atomic E-state index is 12.5. The van der Waals surface area contributed by atoms with Gasteiger partial charge in [0, 0.05) is 30.0 Å². The van der Waals surface area contributed by atoms with Crippen LogP contribution in [0.4, 0.5) is 5.69 Å². The van der Waals surface area contributed by atoms with Crippen LogP contribution in [-0.4, -0.2) is 48.3 Å². The Kier molecular flexibility index (Phi) is 4.43. The third-order valence-corrected chi connectivity index (χ3v) is 4.71. The maximum atomic E-state index is 12.5. The van der Waals surface area contributed by atoms with Crippen LogP contribution in [0.25, 0.3) is 0 Å². The van der Waals surface area contributed by atoms with E-state index in [0.29, 0.717) is 11.3 Å². The lowest BCUT2D eigenvalue weighted by Gasteiger charge is -2.39. The minimum atomic E-state index is -0.760. The number of non-ortho nitro benzene ring substituents is 1. The summed E-state index contributed by atoms with van der Waals surface area (Å²) in [6.45, 7) is 1.73. The molecule has 0 saturated carbocycles. The highest BCUT2D eigenvalue weighted by atomic mass is 16.6. The second kappa shape index (κ2) is 6.54. The average Bonchev–Trinajstić information content (AvgIpc) is 2.60. The molecule has 0 N–H and O–H groups in total. The number of esters is 1. The third kappa shape index (κ3) is 2.95. The molecule has 0 aliphatic carbocycles. The molecule has 4 unspecified atom stereocenters. The van der Waals surface area contributed by atoms with Crippen LogP contribution in [-0.2, 0) is 14.3 Å². The third-order valence-electron chi connectivity index (χ3n) is 4.71. The normalized spacial score (nSPS) is 28.1. The molecule has 0 bridgehead atoms. The summed E-state index contributed by atoms with van der Waals surface area (Å²) in [5.41, 5.74) is 0.998. The molecule has 0 radical (unpaired) electrons. The van der Waals surface area contributed by atoms with E-state index in [1.54, 1.807) is 25.3 Å². The number of nitro groups is 1. The molecule has 1 aromatic carbocycles. The second-order valence-electron chi connectivity index (χ2n) is 6.12. The first-order valence-corrected chi connectivity index (χ1v) is 7.83. The number of ketones is 1. The first-order valence-electron chi connectivity index (χ1n) is 7.83. The highest BCUT2D eigenvalue weighted by molar-refractivity contribution is 6.06. The lowest BCUT2D eigenvalue weighted by atomic mass is 9.68. The molecule has 0 saturated heterocycles. The van der Waals surface area contributed by atoms with Crippen molar-refractivity contribution in [2.75, 3.05) is 13.7 Å². The zero-order valence-corrected chi connectivity index (χ0v) is 13.8. The molecule has 8 nitrogen and oxygen atoms in total. The molecule has 0 spiro atoms. The molecule has 0 aromatic heterocycles. The molecular formula is C17H17N3O5. The second-order valence-corrected chi connectivity index (χ2v) is 6.12. The number of hydrogen-bond donors (Lipinski definition) is 0. The highest BCUT2D eigenvalue weighted by Gasteiger charge is 2.48. The Morgan fingerprint density at radius 2 is 2.12 bits per heavy atom. The number of ether oxygens (including phenoxy) is 1. The molecule has 130 valence electrons. The van der Waals surface area contributed by atoms with Gasteiger partial charge in [0.15, 0.2) is 5.78 Å². The number of hydrogen-bond acceptors (Lipinski definition) is 7. The molecular weight excluding hydrogens is 326 g/mol. The SMILES string of the molecule is COC(=O)C1C(C)=NC2C=NCC(=O)C2C1c1cccc([N+](=O)[O-])c1. The molecule has 0 amide bonds. The van der Waals surface area contributed by atoms with Gasteiger partial charge in [-0.25, -0.2) is 0 Å². The van der Waals surface area contributed by atoms with Crippen LogP contribution in [0.1, 0.15) is 18.4 Å². The maximum Gasteiger partial charge on any atom is 0.315 e. The van der Waals surface area contributed by atoms with Gasteiger partial charge in [0.2, 0.25) is 0 Å². The van der Waals surface area contributed by atoms with E-state index < -0.39 is 34.7 Å². The first-order chi connectivity index (χ1) is 11.9. The van der Waals surface area contributed by atoms with Gasteiger partial charge >= 0.3 is 5.97 Å². The largest absolute Gasteiger partial charge is 0.468 e. The van der Waals surface area contributed by atoms with Gasteiger partial charge in [-0.1, -0.05) is 12.1 Å². The van der Waals surface area contributed by atoms with Crippen LogP contribution < -0.4 is 0 Å². The van der Waals surface area contributed by atoms with E-state index in [2.05, 4.69) is 9.98 Å². The summed E-state index contributed by atoms with van der Waals surface area (Å²) < 4.78 is 4.91. The Labute approximate surface area is 143 Å². The van der Waals surface area contributed by atoms with Crippen molar-refractivity contribution in [3.63, 3.8) is 0 Å². The van der Waals surface area contributed by atoms with Gasteiger partial charge in [0.25, 0.3) is 5.69 Å². The van der Waals surface area contributed by atoms with E-state index in [4.69, 9.17) is 4.74 Å². The highest BCUT2D eigenvalue weighted by Crippen LogP contribution is 2.42. The molecule has 0 fully saturated rings. The summed E-state index contributed by atoms with van der Waals surface area (Å²) in [6.07, 6.45) is 1.62. The fourth-order valence-electron chi connectivity index (χ4n) is 3.64. The van der Waals surface area contributed by atoms with Crippen LogP contribution in [0.2, 0.25) is 0 Å². The van der Waals surface area contributed by atoms with Crippen molar-refractivity contribution < 1.29 is 19.2 Å². The smallest absolute Gasteiger partial charge is 0.315 e. The van der Waals surface area contributed by atoms with Crippen LogP contribution in [0.15, 0.2) is 34.3 Å². The van der Waals surface area contributed by atoms with Gasteiger partial charge in [-0.3, -0.25) is 29.7 Å². The Balaban J connectivity index is 2.16. The molecule has 25 heavy (non-hydrogen) atoms. The number of benzene rings is 1. The van der Waals surface area contributed by atoms with E-state index >= 15 is 0 Å². The van der Waals surface area contributed by atoms with Crippen molar-refractivity contribution in [2.24, 2.45) is 21.8 Å². The predicted octanol–water partition coefficient (Wildman–Crippen LogP) is 1.58. The van der Waals surface area contributed by atoms with Gasteiger partial charge in [-0.2, -0.15) is 0 Å².